The number of likely N-dealkylation sites (N-methyl/N-ethyl adjacent to an activating group) is 1. The number of aliphatic imine (C=N–C) groups is 1. The fourth-order valence-corrected chi connectivity index (χ4v) is 2.41. The summed E-state index contributed by atoms with van der Waals surface area (Å²) in [6.07, 6.45) is 5.38. The van der Waals surface area contributed by atoms with Crippen LogP contribution in [0.5, 0.6) is 0 Å². The summed E-state index contributed by atoms with van der Waals surface area (Å²) >= 11 is 0. The zero-order chi connectivity index (χ0) is 16.7. The van der Waals surface area contributed by atoms with Gasteiger partial charge in [-0.3, -0.25) is 19.6 Å². The number of hydrogen-bond donors (Lipinski definition) is 1. The molecule has 1 unspecified atom stereocenters. The Hall–Kier alpha value is -1.69. The molecule has 1 saturated heterocycles. The molecule has 0 aromatic heterocycles. The first-order valence-electron chi connectivity index (χ1n) is 7.81. The molecule has 0 aliphatic carbocycles. The van der Waals surface area contributed by atoms with E-state index in [1.807, 2.05) is 32.9 Å². The maximum Gasteiger partial charge on any atom is 0.241 e. The lowest BCUT2D eigenvalue weighted by Gasteiger charge is -2.35. The van der Waals surface area contributed by atoms with Crippen LogP contribution in [-0.4, -0.2) is 60.7 Å². The summed E-state index contributed by atoms with van der Waals surface area (Å²) in [6.45, 7) is 6.77. The third-order valence-corrected chi connectivity index (χ3v) is 3.67. The quantitative estimate of drug-likeness (QED) is 0.777. The van der Waals surface area contributed by atoms with E-state index in [-0.39, 0.29) is 23.8 Å². The smallest absolute Gasteiger partial charge is 0.241 e. The summed E-state index contributed by atoms with van der Waals surface area (Å²) in [5, 5.41) is 1.59. The van der Waals surface area contributed by atoms with Gasteiger partial charge in [0.25, 0.3) is 0 Å². The fraction of sp³-hybridized carbons (Fsp3) is 0.688. The van der Waals surface area contributed by atoms with Gasteiger partial charge in [0, 0.05) is 26.6 Å². The lowest BCUT2D eigenvalue weighted by Crippen LogP contribution is -2.58. The van der Waals surface area contributed by atoms with Gasteiger partial charge in [-0.2, -0.15) is 0 Å². The van der Waals surface area contributed by atoms with Gasteiger partial charge >= 0.3 is 0 Å². The molecule has 0 saturated carbocycles. The molecule has 1 atom stereocenters. The third kappa shape index (κ3) is 4.94. The molecule has 0 aromatic rings. The largest absolute Gasteiger partial charge is 0.338 e. The molecule has 1 rings (SSSR count). The van der Waals surface area contributed by atoms with Crippen LogP contribution in [0.2, 0.25) is 0 Å². The molecular weight excluding hydrogens is 280 g/mol. The highest BCUT2D eigenvalue weighted by atomic mass is 16.2. The summed E-state index contributed by atoms with van der Waals surface area (Å²) < 4.78 is 0. The number of carbonyl (C=O) groups is 2. The van der Waals surface area contributed by atoms with Gasteiger partial charge in [0.15, 0.2) is 0 Å². The average Bonchev–Trinajstić information content (AvgIpc) is 2.52. The minimum atomic E-state index is -0.342. The first kappa shape index (κ1) is 18.4. The lowest BCUT2D eigenvalue weighted by molar-refractivity contribution is -0.144. The Morgan fingerprint density at radius 2 is 2.14 bits per heavy atom. The van der Waals surface area contributed by atoms with Crippen LogP contribution in [0.1, 0.15) is 33.6 Å². The van der Waals surface area contributed by atoms with Crippen LogP contribution in [0.3, 0.4) is 0 Å². The first-order valence-corrected chi connectivity index (χ1v) is 7.81. The zero-order valence-electron chi connectivity index (χ0n) is 14.3. The van der Waals surface area contributed by atoms with Crippen molar-refractivity contribution < 1.29 is 9.59 Å². The molecule has 6 heteroatoms. The molecule has 1 fully saturated rings. The van der Waals surface area contributed by atoms with E-state index in [0.29, 0.717) is 13.1 Å². The highest BCUT2D eigenvalue weighted by molar-refractivity contribution is 5.98. The Morgan fingerprint density at radius 3 is 2.68 bits per heavy atom. The molecule has 1 N–H and O–H groups in total. The topological polar surface area (TPSA) is 65.0 Å². The maximum atomic E-state index is 12.5. The number of hydrazine groups is 1. The molecule has 2 amide bonds. The Kier molecular flexibility index (Phi) is 7.24. The van der Waals surface area contributed by atoms with E-state index in [2.05, 4.69) is 10.4 Å². The van der Waals surface area contributed by atoms with Crippen molar-refractivity contribution in [3.8, 4) is 0 Å². The molecule has 0 bridgehead atoms. The normalized spacial score (nSPS) is 19.8. The van der Waals surface area contributed by atoms with Crippen molar-refractivity contribution in [3.05, 3.63) is 12.2 Å². The van der Waals surface area contributed by atoms with E-state index in [0.717, 1.165) is 18.6 Å². The summed E-state index contributed by atoms with van der Waals surface area (Å²) in [5.41, 5.74) is 3.92. The molecule has 0 radical (unpaired) electrons. The summed E-state index contributed by atoms with van der Waals surface area (Å²) in [7, 11) is 3.48. The molecule has 124 valence electrons. The lowest BCUT2D eigenvalue weighted by atomic mass is 10.1. The van der Waals surface area contributed by atoms with E-state index in [1.165, 1.54) is 0 Å². The maximum absolute atomic E-state index is 12.5. The second kappa shape index (κ2) is 8.68. The number of rotatable bonds is 5. The number of carbonyl (C=O) groups excluding carboxylic acids is 2. The van der Waals surface area contributed by atoms with E-state index in [9.17, 15) is 9.59 Å². The molecule has 0 aromatic carbocycles. The van der Waals surface area contributed by atoms with Gasteiger partial charge in [-0.25, -0.2) is 5.43 Å². The van der Waals surface area contributed by atoms with E-state index >= 15 is 0 Å². The van der Waals surface area contributed by atoms with Gasteiger partial charge in [0.1, 0.15) is 6.04 Å². The van der Waals surface area contributed by atoms with Crippen molar-refractivity contribution in [1.29, 1.82) is 0 Å². The van der Waals surface area contributed by atoms with Gasteiger partial charge in [0.2, 0.25) is 11.8 Å². The van der Waals surface area contributed by atoms with Gasteiger partial charge in [-0.05, 0) is 25.8 Å². The molecular formula is C16H28N4O2. The predicted octanol–water partition coefficient (Wildman–Crippen LogP) is 1.24. The molecule has 1 aliphatic rings. The number of nitrogens with one attached hydrogen (secondary N) is 1. The predicted molar refractivity (Wildman–Crippen MR) is 88.5 cm³/mol. The van der Waals surface area contributed by atoms with Crippen molar-refractivity contribution in [2.45, 2.75) is 39.7 Å². The van der Waals surface area contributed by atoms with Gasteiger partial charge in [-0.15, -0.1) is 0 Å². The van der Waals surface area contributed by atoms with E-state index in [4.69, 9.17) is 0 Å². The van der Waals surface area contributed by atoms with Gasteiger partial charge < -0.3 is 4.90 Å². The molecule has 1 aliphatic heterocycles. The Bertz CT molecular complexity index is 457. The number of allylic oxidation sites excluding steroid dienone is 1. The standard InChI is InChI=1S/C16H28N4O2/c1-6-8-13(17-4)11-19(5)16(22)14-9-7-10-20(18-14)15(21)12(2)3/h6,8,12,14,18H,7,9-11H2,1-5H3. The van der Waals surface area contributed by atoms with Crippen molar-refractivity contribution in [2.24, 2.45) is 10.9 Å². The first-order chi connectivity index (χ1) is 10.4. The molecule has 0 spiro atoms. The molecule has 1 heterocycles. The summed E-state index contributed by atoms with van der Waals surface area (Å²) in [5.74, 6) is -0.0515. The molecule has 6 nitrogen and oxygen atoms in total. The highest BCUT2D eigenvalue weighted by Crippen LogP contribution is 2.12. The average molecular weight is 308 g/mol. The number of nitrogens with zero attached hydrogens (tertiary/aromatic N) is 3. The summed E-state index contributed by atoms with van der Waals surface area (Å²) in [6, 6.07) is -0.342. The van der Waals surface area contributed by atoms with Crippen molar-refractivity contribution in [2.75, 3.05) is 27.2 Å². The summed E-state index contributed by atoms with van der Waals surface area (Å²) in [4.78, 5) is 30.4. The monoisotopic (exact) mass is 308 g/mol. The number of hydrogen-bond acceptors (Lipinski definition) is 4. The number of amides is 2. The third-order valence-electron chi connectivity index (χ3n) is 3.67. The molecule has 22 heavy (non-hydrogen) atoms. The van der Waals surface area contributed by atoms with E-state index < -0.39 is 0 Å². The second-order valence-electron chi connectivity index (χ2n) is 5.88. The van der Waals surface area contributed by atoms with Gasteiger partial charge in [-0.1, -0.05) is 19.9 Å². The minimum absolute atomic E-state index is 0.00749. The minimum Gasteiger partial charge on any atom is -0.338 e. The fourth-order valence-electron chi connectivity index (χ4n) is 2.41. The highest BCUT2D eigenvalue weighted by Gasteiger charge is 2.30. The van der Waals surface area contributed by atoms with Crippen LogP contribution in [-0.2, 0) is 9.59 Å². The Labute approximate surface area is 133 Å². The van der Waals surface area contributed by atoms with Crippen LogP contribution in [0.25, 0.3) is 0 Å². The Morgan fingerprint density at radius 1 is 1.45 bits per heavy atom. The second-order valence-corrected chi connectivity index (χ2v) is 5.88. The van der Waals surface area contributed by atoms with E-state index in [1.54, 1.807) is 24.0 Å². The van der Waals surface area contributed by atoms with Crippen molar-refractivity contribution in [3.63, 3.8) is 0 Å². The zero-order valence-corrected chi connectivity index (χ0v) is 14.3. The van der Waals surface area contributed by atoms with Crippen molar-refractivity contribution >= 4 is 17.5 Å². The van der Waals surface area contributed by atoms with Crippen molar-refractivity contribution in [1.82, 2.24) is 15.3 Å². The Balaban J connectivity index is 2.66. The van der Waals surface area contributed by atoms with Crippen LogP contribution in [0.15, 0.2) is 17.1 Å². The SMILES string of the molecule is CC=CC(CN(C)C(=O)C1CCCN(C(=O)C(C)C)N1)=NC. The van der Waals surface area contributed by atoms with Crippen LogP contribution < -0.4 is 5.43 Å². The van der Waals surface area contributed by atoms with Crippen LogP contribution in [0.4, 0.5) is 0 Å². The van der Waals surface area contributed by atoms with Crippen LogP contribution >= 0.6 is 0 Å². The van der Waals surface area contributed by atoms with Crippen LogP contribution in [0, 0.1) is 5.92 Å². The van der Waals surface area contributed by atoms with Gasteiger partial charge in [0.05, 0.1) is 12.3 Å².